The summed E-state index contributed by atoms with van der Waals surface area (Å²) in [6.07, 6.45) is -1.91. The SMILES string of the molecule is FC(F)=C(Cl)CCl. The second-order valence-electron chi connectivity index (χ2n) is 0.799. The Morgan fingerprint density at radius 2 is 1.86 bits per heavy atom. The first kappa shape index (κ1) is 7.18. The zero-order chi connectivity index (χ0) is 5.86. The van der Waals surface area contributed by atoms with Crippen LogP contribution in [-0.4, -0.2) is 5.88 Å². The van der Waals surface area contributed by atoms with Gasteiger partial charge in [0.05, 0.1) is 10.9 Å². The highest BCUT2D eigenvalue weighted by Crippen LogP contribution is 2.12. The second-order valence-corrected chi connectivity index (χ2v) is 1.52. The van der Waals surface area contributed by atoms with E-state index in [4.69, 9.17) is 23.2 Å². The standard InChI is InChI=1S/C3H2Cl2F2/c4-1-2(5)3(6)7/h1H2. The summed E-state index contributed by atoms with van der Waals surface area (Å²) in [5.74, 6) is -0.316. The molecule has 0 aliphatic carbocycles. The van der Waals surface area contributed by atoms with Gasteiger partial charge in [-0.2, -0.15) is 8.78 Å². The van der Waals surface area contributed by atoms with Crippen molar-refractivity contribution < 1.29 is 8.78 Å². The van der Waals surface area contributed by atoms with Gasteiger partial charge in [0.25, 0.3) is 6.08 Å². The Balaban J connectivity index is 3.72. The molecule has 0 aromatic rings. The predicted molar refractivity (Wildman–Crippen MR) is 25.8 cm³/mol. The van der Waals surface area contributed by atoms with Crippen LogP contribution in [-0.2, 0) is 0 Å². The molecule has 0 saturated carbocycles. The normalized spacial score (nSPS) is 8.57. The summed E-state index contributed by atoms with van der Waals surface area (Å²) in [7, 11) is 0. The fourth-order valence-corrected chi connectivity index (χ4v) is 0.152. The van der Waals surface area contributed by atoms with Crippen molar-refractivity contribution >= 4 is 23.2 Å². The van der Waals surface area contributed by atoms with Crippen LogP contribution in [0.1, 0.15) is 0 Å². The molecule has 42 valence electrons. The van der Waals surface area contributed by atoms with Crippen LogP contribution in [0.4, 0.5) is 8.78 Å². The lowest BCUT2D eigenvalue weighted by Gasteiger charge is -1.82. The zero-order valence-corrected chi connectivity index (χ0v) is 4.73. The Hall–Kier alpha value is 0.180. The van der Waals surface area contributed by atoms with Crippen molar-refractivity contribution in [3.63, 3.8) is 0 Å². The molecule has 4 heteroatoms. The summed E-state index contributed by atoms with van der Waals surface area (Å²) in [5, 5.41) is -0.582. The summed E-state index contributed by atoms with van der Waals surface area (Å²) in [5.41, 5.74) is 0. The topological polar surface area (TPSA) is 0 Å². The third-order valence-electron chi connectivity index (χ3n) is 0.322. The van der Waals surface area contributed by atoms with E-state index in [2.05, 4.69) is 0 Å². The first-order valence-electron chi connectivity index (χ1n) is 1.44. The van der Waals surface area contributed by atoms with E-state index in [-0.39, 0.29) is 5.88 Å². The highest BCUT2D eigenvalue weighted by atomic mass is 35.5. The van der Waals surface area contributed by atoms with Crippen LogP contribution in [0.3, 0.4) is 0 Å². The number of hydrogen-bond acceptors (Lipinski definition) is 0. The maximum atomic E-state index is 11.1. The van der Waals surface area contributed by atoms with Crippen molar-refractivity contribution in [1.82, 2.24) is 0 Å². The minimum absolute atomic E-state index is 0.316. The van der Waals surface area contributed by atoms with E-state index in [1.807, 2.05) is 0 Å². The zero-order valence-electron chi connectivity index (χ0n) is 3.22. The monoisotopic (exact) mass is 146 g/mol. The molecule has 0 aromatic heterocycles. The molecule has 0 aromatic carbocycles. The van der Waals surface area contributed by atoms with Gasteiger partial charge in [-0.3, -0.25) is 0 Å². The molecule has 0 nitrogen and oxygen atoms in total. The number of halogens is 4. The minimum atomic E-state index is -1.91. The largest absolute Gasteiger partial charge is 0.285 e. The highest BCUT2D eigenvalue weighted by Gasteiger charge is 1.97. The van der Waals surface area contributed by atoms with Crippen LogP contribution in [0, 0.1) is 0 Å². The number of hydrogen-bond donors (Lipinski definition) is 0. The molecule has 0 fully saturated rings. The van der Waals surface area contributed by atoms with Gasteiger partial charge >= 0.3 is 0 Å². The van der Waals surface area contributed by atoms with Crippen LogP contribution in [0.25, 0.3) is 0 Å². The number of allylic oxidation sites excluding steroid dienone is 1. The van der Waals surface area contributed by atoms with Crippen molar-refractivity contribution in [3.8, 4) is 0 Å². The van der Waals surface area contributed by atoms with E-state index in [1.165, 1.54) is 0 Å². The van der Waals surface area contributed by atoms with Gasteiger partial charge in [0.2, 0.25) is 0 Å². The third-order valence-corrected chi connectivity index (χ3v) is 1.00. The van der Waals surface area contributed by atoms with Crippen molar-refractivity contribution in [2.75, 3.05) is 5.88 Å². The van der Waals surface area contributed by atoms with Crippen molar-refractivity contribution in [1.29, 1.82) is 0 Å². The molecule has 0 radical (unpaired) electrons. The maximum Gasteiger partial charge on any atom is 0.285 e. The summed E-state index contributed by atoms with van der Waals surface area (Å²) in [6.45, 7) is 0. The van der Waals surface area contributed by atoms with E-state index < -0.39 is 11.1 Å². The smallest absolute Gasteiger partial charge is 0.172 e. The highest BCUT2D eigenvalue weighted by molar-refractivity contribution is 6.35. The molecule has 0 unspecified atom stereocenters. The number of alkyl halides is 1. The number of rotatable bonds is 1. The average molecular weight is 147 g/mol. The van der Waals surface area contributed by atoms with Gasteiger partial charge in [-0.1, -0.05) is 11.6 Å². The van der Waals surface area contributed by atoms with Gasteiger partial charge in [0.15, 0.2) is 0 Å². The molecule has 7 heavy (non-hydrogen) atoms. The average Bonchev–Trinajstić information content (AvgIpc) is 1.65. The van der Waals surface area contributed by atoms with Gasteiger partial charge in [-0.15, -0.1) is 11.6 Å². The lowest BCUT2D eigenvalue weighted by Crippen LogP contribution is -1.71. The Kier molecular flexibility index (Phi) is 3.30. The lowest BCUT2D eigenvalue weighted by molar-refractivity contribution is 0.417. The molecule has 0 bridgehead atoms. The lowest BCUT2D eigenvalue weighted by atomic mass is 10.7. The molecular weight excluding hydrogens is 145 g/mol. The minimum Gasteiger partial charge on any atom is -0.172 e. The van der Waals surface area contributed by atoms with Crippen LogP contribution < -0.4 is 0 Å². The first-order chi connectivity index (χ1) is 3.18. The Bertz CT molecular complexity index is 84.9. The van der Waals surface area contributed by atoms with Gasteiger partial charge in [-0.05, 0) is 0 Å². The molecule has 0 saturated heterocycles. The van der Waals surface area contributed by atoms with Crippen LogP contribution in [0.5, 0.6) is 0 Å². The second kappa shape index (κ2) is 3.22. The van der Waals surface area contributed by atoms with E-state index >= 15 is 0 Å². The summed E-state index contributed by atoms with van der Waals surface area (Å²) < 4.78 is 22.2. The van der Waals surface area contributed by atoms with E-state index in [0.29, 0.717) is 0 Å². The molecule has 0 aliphatic rings. The Morgan fingerprint density at radius 1 is 1.43 bits per heavy atom. The van der Waals surface area contributed by atoms with Gasteiger partial charge in [0, 0.05) is 0 Å². The maximum absolute atomic E-state index is 11.1. The van der Waals surface area contributed by atoms with E-state index in [0.717, 1.165) is 0 Å². The molecule has 0 heterocycles. The first-order valence-corrected chi connectivity index (χ1v) is 2.35. The molecule has 0 amide bonds. The van der Waals surface area contributed by atoms with E-state index in [9.17, 15) is 8.78 Å². The molecular formula is C3H2Cl2F2. The van der Waals surface area contributed by atoms with Crippen molar-refractivity contribution in [2.24, 2.45) is 0 Å². The van der Waals surface area contributed by atoms with Crippen LogP contribution >= 0.6 is 23.2 Å². The summed E-state index contributed by atoms with van der Waals surface area (Å²) >= 11 is 9.67. The summed E-state index contributed by atoms with van der Waals surface area (Å²) in [6, 6.07) is 0. The Labute approximate surface area is 49.7 Å². The molecule has 0 atom stereocenters. The summed E-state index contributed by atoms with van der Waals surface area (Å²) in [4.78, 5) is 0. The fourth-order valence-electron chi connectivity index (χ4n) is 0.0505. The molecule has 0 rings (SSSR count). The molecule has 0 spiro atoms. The predicted octanol–water partition coefficient (Wildman–Crippen LogP) is 2.57. The quantitative estimate of drug-likeness (QED) is 0.500. The van der Waals surface area contributed by atoms with Gasteiger partial charge in [-0.25, -0.2) is 0 Å². The van der Waals surface area contributed by atoms with Crippen molar-refractivity contribution in [2.45, 2.75) is 0 Å². The van der Waals surface area contributed by atoms with Crippen LogP contribution in [0.15, 0.2) is 11.1 Å². The van der Waals surface area contributed by atoms with Gasteiger partial charge < -0.3 is 0 Å². The van der Waals surface area contributed by atoms with Crippen LogP contribution in [0.2, 0.25) is 0 Å². The third kappa shape index (κ3) is 2.83. The molecule has 0 N–H and O–H groups in total. The van der Waals surface area contributed by atoms with Gasteiger partial charge in [0.1, 0.15) is 0 Å². The fraction of sp³-hybridized carbons (Fsp3) is 0.333. The Morgan fingerprint density at radius 3 is 1.86 bits per heavy atom. The van der Waals surface area contributed by atoms with Crippen molar-refractivity contribution in [3.05, 3.63) is 11.1 Å². The molecule has 0 aliphatic heterocycles. The van der Waals surface area contributed by atoms with E-state index in [1.54, 1.807) is 0 Å².